The summed E-state index contributed by atoms with van der Waals surface area (Å²) in [4.78, 5) is 14.2. The number of aliphatic hydroxyl groups is 1. The Balaban J connectivity index is 1.67. The Bertz CT molecular complexity index is 1030. The first-order chi connectivity index (χ1) is 13.8. The summed E-state index contributed by atoms with van der Waals surface area (Å²) in [6, 6.07) is 11.9. The van der Waals surface area contributed by atoms with E-state index in [4.69, 9.17) is 4.74 Å². The molecule has 0 aliphatic heterocycles. The summed E-state index contributed by atoms with van der Waals surface area (Å²) in [6.07, 6.45) is 0.0892. The quantitative estimate of drug-likeness (QED) is 0.267. The van der Waals surface area contributed by atoms with Crippen LogP contribution in [0.1, 0.15) is 23.1 Å². The fourth-order valence-electron chi connectivity index (χ4n) is 2.54. The van der Waals surface area contributed by atoms with Gasteiger partial charge in [0.25, 0.3) is 5.69 Å². The molecule has 0 saturated carbocycles. The van der Waals surface area contributed by atoms with Crippen molar-refractivity contribution in [1.82, 2.24) is 4.98 Å². The predicted molar refractivity (Wildman–Crippen MR) is 105 cm³/mol. The standard InChI is InChI=1S/C20H18N4O5/c1-12-9-15(10-13(2)19(12)25)23-22-14-3-8-18(21-11-14)20(26)29-17-6-4-16(5-7-17)24(27)28/h3-11,20,25-26H,1-2H3. The van der Waals surface area contributed by atoms with Crippen LogP contribution in [0.3, 0.4) is 0 Å². The number of aromatic hydroxyl groups is 1. The van der Waals surface area contributed by atoms with Crippen LogP contribution in [0.5, 0.6) is 11.5 Å². The number of phenols is 1. The molecule has 0 aliphatic carbocycles. The van der Waals surface area contributed by atoms with Crippen molar-refractivity contribution in [1.29, 1.82) is 0 Å². The number of benzene rings is 2. The summed E-state index contributed by atoms with van der Waals surface area (Å²) >= 11 is 0. The van der Waals surface area contributed by atoms with Crippen LogP contribution in [0.2, 0.25) is 0 Å². The molecular weight excluding hydrogens is 376 g/mol. The molecule has 1 atom stereocenters. The fourth-order valence-corrected chi connectivity index (χ4v) is 2.54. The first-order valence-corrected chi connectivity index (χ1v) is 8.60. The lowest BCUT2D eigenvalue weighted by Gasteiger charge is -2.12. The zero-order chi connectivity index (χ0) is 21.0. The maximum atomic E-state index is 10.7. The number of rotatable bonds is 6. The molecule has 1 unspecified atom stereocenters. The first-order valence-electron chi connectivity index (χ1n) is 8.60. The van der Waals surface area contributed by atoms with Gasteiger partial charge in [-0.1, -0.05) is 0 Å². The third-order valence-corrected chi connectivity index (χ3v) is 4.08. The molecule has 9 nitrogen and oxygen atoms in total. The molecule has 9 heteroatoms. The van der Waals surface area contributed by atoms with E-state index in [2.05, 4.69) is 15.2 Å². The van der Waals surface area contributed by atoms with Crippen molar-refractivity contribution in [3.8, 4) is 11.5 Å². The van der Waals surface area contributed by atoms with Gasteiger partial charge in [-0.2, -0.15) is 5.11 Å². The van der Waals surface area contributed by atoms with Crippen molar-refractivity contribution >= 4 is 17.1 Å². The second-order valence-electron chi connectivity index (χ2n) is 6.29. The Labute approximate surface area is 166 Å². The molecule has 3 rings (SSSR count). The molecule has 2 aromatic carbocycles. The number of non-ortho nitro benzene ring substituents is 1. The van der Waals surface area contributed by atoms with Crippen molar-refractivity contribution in [2.75, 3.05) is 0 Å². The van der Waals surface area contributed by atoms with Gasteiger partial charge < -0.3 is 14.9 Å². The van der Waals surface area contributed by atoms with Gasteiger partial charge >= 0.3 is 0 Å². The number of azo groups is 1. The Morgan fingerprint density at radius 2 is 1.66 bits per heavy atom. The molecular formula is C20H18N4O5. The predicted octanol–water partition coefficient (Wildman–Crippen LogP) is 4.80. The van der Waals surface area contributed by atoms with E-state index in [0.29, 0.717) is 22.5 Å². The summed E-state index contributed by atoms with van der Waals surface area (Å²) in [6.45, 7) is 3.56. The molecule has 29 heavy (non-hydrogen) atoms. The lowest BCUT2D eigenvalue weighted by Crippen LogP contribution is -2.08. The number of pyridine rings is 1. The van der Waals surface area contributed by atoms with Crippen LogP contribution in [0.25, 0.3) is 0 Å². The molecule has 1 aromatic heterocycles. The Morgan fingerprint density at radius 1 is 1.03 bits per heavy atom. The minimum atomic E-state index is -1.34. The number of aryl methyl sites for hydroxylation is 2. The molecule has 0 saturated heterocycles. The summed E-state index contributed by atoms with van der Waals surface area (Å²) in [5, 5.41) is 38.8. The number of aliphatic hydroxyl groups excluding tert-OH is 1. The van der Waals surface area contributed by atoms with E-state index in [-0.39, 0.29) is 22.9 Å². The third-order valence-electron chi connectivity index (χ3n) is 4.08. The van der Waals surface area contributed by atoms with Gasteiger partial charge in [-0.15, -0.1) is 5.11 Å². The molecule has 148 valence electrons. The van der Waals surface area contributed by atoms with Gasteiger partial charge in [-0.25, -0.2) is 0 Å². The highest BCUT2D eigenvalue weighted by Crippen LogP contribution is 2.28. The number of hydrogen-bond donors (Lipinski definition) is 2. The number of nitro groups is 1. The Hall–Kier alpha value is -3.85. The molecule has 2 N–H and O–H groups in total. The highest BCUT2D eigenvalue weighted by molar-refractivity contribution is 5.51. The average Bonchev–Trinajstić information content (AvgIpc) is 2.71. The molecule has 3 aromatic rings. The molecule has 0 bridgehead atoms. The topological polar surface area (TPSA) is 130 Å². The Morgan fingerprint density at radius 3 is 2.21 bits per heavy atom. The van der Waals surface area contributed by atoms with Crippen LogP contribution >= 0.6 is 0 Å². The number of ether oxygens (including phenoxy) is 1. The van der Waals surface area contributed by atoms with Crippen LogP contribution in [-0.2, 0) is 0 Å². The summed E-state index contributed by atoms with van der Waals surface area (Å²) in [5.41, 5.74) is 2.67. The number of nitro benzene ring substituents is 1. The maximum absolute atomic E-state index is 10.7. The second-order valence-corrected chi connectivity index (χ2v) is 6.29. The zero-order valence-corrected chi connectivity index (χ0v) is 15.7. The lowest BCUT2D eigenvalue weighted by molar-refractivity contribution is -0.384. The van der Waals surface area contributed by atoms with Crippen molar-refractivity contribution in [3.05, 3.63) is 81.7 Å². The van der Waals surface area contributed by atoms with E-state index in [1.54, 1.807) is 32.0 Å². The summed E-state index contributed by atoms with van der Waals surface area (Å²) in [5.74, 6) is 0.503. The van der Waals surface area contributed by atoms with E-state index in [0.717, 1.165) is 0 Å². The molecule has 0 amide bonds. The smallest absolute Gasteiger partial charge is 0.269 e. The number of aromatic nitrogens is 1. The van der Waals surface area contributed by atoms with Gasteiger partial charge in [0.2, 0.25) is 6.29 Å². The molecule has 0 fully saturated rings. The molecule has 1 heterocycles. The minimum Gasteiger partial charge on any atom is -0.507 e. The van der Waals surface area contributed by atoms with E-state index in [9.17, 15) is 20.3 Å². The number of hydrogen-bond acceptors (Lipinski definition) is 8. The zero-order valence-electron chi connectivity index (χ0n) is 15.7. The highest BCUT2D eigenvalue weighted by atomic mass is 16.6. The van der Waals surface area contributed by atoms with Crippen molar-refractivity contribution in [3.63, 3.8) is 0 Å². The molecule has 0 aliphatic rings. The van der Waals surface area contributed by atoms with E-state index < -0.39 is 11.2 Å². The monoisotopic (exact) mass is 394 g/mol. The van der Waals surface area contributed by atoms with Crippen molar-refractivity contribution in [2.45, 2.75) is 20.1 Å². The van der Waals surface area contributed by atoms with Crippen LogP contribution in [-0.4, -0.2) is 20.1 Å². The Kier molecular flexibility index (Phi) is 5.79. The first kappa shape index (κ1) is 19.9. The number of nitrogens with zero attached hydrogens (tertiary/aromatic N) is 4. The van der Waals surface area contributed by atoms with Crippen LogP contribution in [0, 0.1) is 24.0 Å². The molecule has 0 radical (unpaired) electrons. The molecule has 0 spiro atoms. The van der Waals surface area contributed by atoms with Gasteiger partial charge in [0.1, 0.15) is 22.9 Å². The van der Waals surface area contributed by atoms with Crippen molar-refractivity contribution < 1.29 is 19.9 Å². The van der Waals surface area contributed by atoms with Gasteiger partial charge in [-0.05, 0) is 61.4 Å². The van der Waals surface area contributed by atoms with Gasteiger partial charge in [0, 0.05) is 12.1 Å². The third kappa shape index (κ3) is 4.90. The van der Waals surface area contributed by atoms with Crippen LogP contribution < -0.4 is 4.74 Å². The van der Waals surface area contributed by atoms with Crippen LogP contribution in [0.15, 0.2) is 65.0 Å². The van der Waals surface area contributed by atoms with Gasteiger partial charge in [0.05, 0.1) is 16.8 Å². The van der Waals surface area contributed by atoms with Gasteiger partial charge in [0.15, 0.2) is 0 Å². The summed E-state index contributed by atoms with van der Waals surface area (Å²) < 4.78 is 5.33. The van der Waals surface area contributed by atoms with E-state index in [1.165, 1.54) is 36.5 Å². The maximum Gasteiger partial charge on any atom is 0.269 e. The number of phenolic OH excluding ortho intramolecular Hbond substituents is 1. The van der Waals surface area contributed by atoms with Crippen LogP contribution in [0.4, 0.5) is 17.1 Å². The fraction of sp³-hybridized carbons (Fsp3) is 0.150. The second kappa shape index (κ2) is 8.44. The summed E-state index contributed by atoms with van der Waals surface area (Å²) in [7, 11) is 0. The van der Waals surface area contributed by atoms with E-state index >= 15 is 0 Å². The highest BCUT2D eigenvalue weighted by Gasteiger charge is 2.12. The van der Waals surface area contributed by atoms with Gasteiger partial charge in [-0.3, -0.25) is 15.1 Å². The minimum absolute atomic E-state index is 0.0707. The largest absolute Gasteiger partial charge is 0.507 e. The SMILES string of the molecule is Cc1cc(N=Nc2ccc(C(O)Oc3ccc([N+](=O)[O-])cc3)nc2)cc(C)c1O. The van der Waals surface area contributed by atoms with E-state index in [1.807, 2.05) is 0 Å². The lowest BCUT2D eigenvalue weighted by atomic mass is 10.1. The van der Waals surface area contributed by atoms with Crippen molar-refractivity contribution in [2.24, 2.45) is 10.2 Å². The normalized spacial score (nSPS) is 12.1. The average molecular weight is 394 g/mol.